The number of hydrogen-bond donors (Lipinski definition) is 0. The van der Waals surface area contributed by atoms with Gasteiger partial charge in [-0.3, -0.25) is 0 Å². The molecule has 3 rings (SSSR count). The highest BCUT2D eigenvalue weighted by Gasteiger charge is 2.10. The van der Waals surface area contributed by atoms with Crippen molar-refractivity contribution in [3.63, 3.8) is 0 Å². The van der Waals surface area contributed by atoms with E-state index in [-0.39, 0.29) is 0 Å². The summed E-state index contributed by atoms with van der Waals surface area (Å²) in [7, 11) is 0. The smallest absolute Gasteiger partial charge is 0.425 e. The molecule has 1 aromatic heterocycles. The van der Waals surface area contributed by atoms with Gasteiger partial charge in [0.1, 0.15) is 10.2 Å². The molecular weight excluding hydrogens is 410 g/mol. The fourth-order valence-electron chi connectivity index (χ4n) is 2.29. The maximum Gasteiger partial charge on any atom is 0.425 e. The van der Waals surface area contributed by atoms with Crippen molar-refractivity contribution in [3.05, 3.63) is 67.7 Å². The number of ether oxygens (including phenoxy) is 1. The summed E-state index contributed by atoms with van der Waals surface area (Å²) in [6.07, 6.45) is 0. The second-order valence-corrected chi connectivity index (χ2v) is 6.59. The highest BCUT2D eigenvalue weighted by molar-refractivity contribution is 9.10. The molecule has 0 aliphatic rings. The Labute approximate surface area is 156 Å². The quantitative estimate of drug-likeness (QED) is 0.568. The highest BCUT2D eigenvalue weighted by atomic mass is 79.9. The van der Waals surface area contributed by atoms with E-state index in [9.17, 15) is 4.79 Å². The normalized spacial score (nSPS) is 10.8. The fourth-order valence-corrected chi connectivity index (χ4v) is 3.24. The van der Waals surface area contributed by atoms with E-state index in [1.807, 2.05) is 13.0 Å². The summed E-state index contributed by atoms with van der Waals surface area (Å²) in [5.74, 6) is -0.532. The zero-order chi connectivity index (χ0) is 17.3. The van der Waals surface area contributed by atoms with Gasteiger partial charge in [0.25, 0.3) is 0 Å². The molecule has 0 saturated carbocycles. The zero-order valence-corrected chi connectivity index (χ0v) is 15.8. The van der Waals surface area contributed by atoms with Gasteiger partial charge in [-0.2, -0.15) is 0 Å². The molecule has 0 N–H and O–H groups in total. The van der Waals surface area contributed by atoms with Gasteiger partial charge in [-0.1, -0.05) is 28.1 Å². The Kier molecular flexibility index (Phi) is 4.93. The number of rotatable bonds is 3. The zero-order valence-electron chi connectivity index (χ0n) is 12.6. The summed E-state index contributed by atoms with van der Waals surface area (Å²) in [6, 6.07) is 12.4. The first-order valence-electron chi connectivity index (χ1n) is 7.14. The first kappa shape index (κ1) is 17.0. The van der Waals surface area contributed by atoms with E-state index in [0.29, 0.717) is 33.0 Å². The van der Waals surface area contributed by atoms with Crippen LogP contribution in [0.1, 0.15) is 12.5 Å². The fraction of sp³-hybridized carbons (Fsp3) is 0.118. The summed E-state index contributed by atoms with van der Waals surface area (Å²) in [6.45, 7) is 2.38. The van der Waals surface area contributed by atoms with Gasteiger partial charge in [0.2, 0.25) is 0 Å². The van der Waals surface area contributed by atoms with Crippen molar-refractivity contribution in [2.45, 2.75) is 6.92 Å². The molecule has 122 valence electrons. The van der Waals surface area contributed by atoms with Crippen LogP contribution in [-0.4, -0.2) is 16.2 Å². The third-order valence-electron chi connectivity index (χ3n) is 3.39. The van der Waals surface area contributed by atoms with Crippen molar-refractivity contribution >= 4 is 56.4 Å². The summed E-state index contributed by atoms with van der Waals surface area (Å²) >= 11 is 14.1. The molecule has 4 nitrogen and oxygen atoms in total. The molecule has 0 fully saturated rings. The minimum atomic E-state index is -0.532. The molecule has 0 radical (unpaired) electrons. The Bertz CT molecular complexity index is 1040. The second kappa shape index (κ2) is 6.96. The Hall–Kier alpha value is -1.83. The molecule has 1 heterocycles. The van der Waals surface area contributed by atoms with E-state index >= 15 is 0 Å². The Morgan fingerprint density at radius 1 is 1.25 bits per heavy atom. The van der Waals surface area contributed by atoms with E-state index in [1.54, 1.807) is 36.4 Å². The molecule has 7 heteroatoms. The number of fused-ring (bicyclic) bond motifs is 1. The van der Waals surface area contributed by atoms with Gasteiger partial charge in [-0.25, -0.2) is 9.36 Å². The molecule has 0 unspecified atom stereocenters. The van der Waals surface area contributed by atoms with Crippen LogP contribution in [0.2, 0.25) is 0 Å². The van der Waals surface area contributed by atoms with Crippen molar-refractivity contribution in [1.82, 2.24) is 4.57 Å². The third kappa shape index (κ3) is 3.19. The van der Waals surface area contributed by atoms with Crippen molar-refractivity contribution < 1.29 is 9.15 Å². The first-order chi connectivity index (χ1) is 11.5. The Balaban J connectivity index is 2.14. The van der Waals surface area contributed by atoms with Crippen molar-refractivity contribution in [2.24, 2.45) is 0 Å². The molecule has 0 saturated heterocycles. The Morgan fingerprint density at radius 3 is 2.62 bits per heavy atom. The largest absolute Gasteiger partial charge is 0.483 e. The van der Waals surface area contributed by atoms with Crippen LogP contribution < -0.4 is 5.76 Å². The molecule has 0 bridgehead atoms. The molecule has 0 amide bonds. The van der Waals surface area contributed by atoms with Crippen molar-refractivity contribution in [3.8, 4) is 5.69 Å². The standard InChI is InChI=1S/C17H12BrNO3S2/c1-2-21-16(24)10-3-6-12(7-4-10)19-15(23)13-9-11(18)5-8-14(13)22-17(19)20/h3-9H,2H2,1H3. The van der Waals surface area contributed by atoms with E-state index in [0.717, 1.165) is 10.0 Å². The van der Waals surface area contributed by atoms with Crippen LogP contribution in [0.3, 0.4) is 0 Å². The van der Waals surface area contributed by atoms with Crippen LogP contribution in [0.15, 0.2) is 56.1 Å². The van der Waals surface area contributed by atoms with E-state index in [2.05, 4.69) is 15.9 Å². The number of aromatic nitrogens is 1. The molecule has 24 heavy (non-hydrogen) atoms. The van der Waals surface area contributed by atoms with Gasteiger partial charge >= 0.3 is 5.76 Å². The molecule has 2 aromatic carbocycles. The van der Waals surface area contributed by atoms with Crippen LogP contribution in [0.25, 0.3) is 16.7 Å². The van der Waals surface area contributed by atoms with Gasteiger partial charge in [0.15, 0.2) is 5.05 Å². The van der Waals surface area contributed by atoms with E-state index < -0.39 is 5.76 Å². The van der Waals surface area contributed by atoms with Crippen molar-refractivity contribution in [1.29, 1.82) is 0 Å². The van der Waals surface area contributed by atoms with Crippen LogP contribution >= 0.6 is 40.4 Å². The van der Waals surface area contributed by atoms with Crippen LogP contribution in [0.5, 0.6) is 0 Å². The van der Waals surface area contributed by atoms with Gasteiger partial charge in [0, 0.05) is 10.0 Å². The van der Waals surface area contributed by atoms with Crippen LogP contribution in [0.4, 0.5) is 0 Å². The predicted molar refractivity (Wildman–Crippen MR) is 104 cm³/mol. The Morgan fingerprint density at radius 2 is 1.96 bits per heavy atom. The number of benzene rings is 2. The van der Waals surface area contributed by atoms with Gasteiger partial charge in [0.05, 0.1) is 17.7 Å². The number of hydrogen-bond acceptors (Lipinski definition) is 5. The number of thiocarbonyl (C=S) groups is 1. The summed E-state index contributed by atoms with van der Waals surface area (Å²) < 4.78 is 13.3. The average Bonchev–Trinajstić information content (AvgIpc) is 2.56. The SMILES string of the molecule is CCOC(=S)c1ccc(-n2c(=O)oc3ccc(Br)cc3c2=S)cc1. The van der Waals surface area contributed by atoms with E-state index in [1.165, 1.54) is 4.57 Å². The lowest BCUT2D eigenvalue weighted by atomic mass is 10.2. The molecule has 3 aromatic rings. The van der Waals surface area contributed by atoms with Gasteiger partial charge in [-0.15, -0.1) is 0 Å². The first-order valence-corrected chi connectivity index (χ1v) is 8.75. The highest BCUT2D eigenvalue weighted by Crippen LogP contribution is 2.21. The monoisotopic (exact) mass is 421 g/mol. The minimum absolute atomic E-state index is 0.391. The molecule has 0 aliphatic heterocycles. The maximum atomic E-state index is 12.3. The second-order valence-electron chi connectivity index (χ2n) is 4.92. The maximum absolute atomic E-state index is 12.3. The molecular formula is C17H12BrNO3S2. The number of nitrogens with zero attached hydrogens (tertiary/aromatic N) is 1. The minimum Gasteiger partial charge on any atom is -0.483 e. The third-order valence-corrected chi connectivity index (χ3v) is 4.64. The van der Waals surface area contributed by atoms with Gasteiger partial charge in [-0.05, 0) is 61.6 Å². The van der Waals surface area contributed by atoms with Gasteiger partial charge < -0.3 is 9.15 Å². The number of halogens is 1. The lowest BCUT2D eigenvalue weighted by Crippen LogP contribution is -2.18. The average molecular weight is 422 g/mol. The summed E-state index contributed by atoms with van der Waals surface area (Å²) in [4.78, 5) is 12.3. The van der Waals surface area contributed by atoms with Crippen LogP contribution in [-0.2, 0) is 4.74 Å². The van der Waals surface area contributed by atoms with Crippen molar-refractivity contribution in [2.75, 3.05) is 6.61 Å². The summed E-state index contributed by atoms with van der Waals surface area (Å²) in [5.41, 5.74) is 1.84. The van der Waals surface area contributed by atoms with E-state index in [4.69, 9.17) is 33.6 Å². The molecule has 0 atom stereocenters. The summed E-state index contributed by atoms with van der Waals surface area (Å²) in [5, 5.41) is 1.11. The predicted octanol–water partition coefficient (Wildman–Crippen LogP) is 4.79. The lowest BCUT2D eigenvalue weighted by Gasteiger charge is -2.09. The van der Waals surface area contributed by atoms with Crippen LogP contribution in [0, 0.1) is 4.64 Å². The molecule has 0 spiro atoms. The lowest BCUT2D eigenvalue weighted by molar-refractivity contribution is 0.337. The molecule has 0 aliphatic carbocycles. The topological polar surface area (TPSA) is 44.4 Å².